The number of hydrogen-bond donors (Lipinski definition) is 1. The number of rotatable bonds is 6. The van der Waals surface area contributed by atoms with Crippen LogP contribution in [-0.2, 0) is 11.3 Å². The molecular weight excluding hydrogens is 349 g/mol. The van der Waals surface area contributed by atoms with E-state index in [1.54, 1.807) is 43.5 Å². The van der Waals surface area contributed by atoms with Crippen molar-refractivity contribution in [3.05, 3.63) is 57.6 Å². The second kappa shape index (κ2) is 8.38. The smallest absolute Gasteiger partial charge is 0.255 e. The SMILES string of the molecule is COc1ccc(C(=O)Nc2cc(Cl)ccc2Cl)cc1COC(C)C. The van der Waals surface area contributed by atoms with Crippen molar-refractivity contribution in [2.75, 3.05) is 12.4 Å². The van der Waals surface area contributed by atoms with E-state index in [1.165, 1.54) is 0 Å². The summed E-state index contributed by atoms with van der Waals surface area (Å²) in [6, 6.07) is 10.1. The maximum Gasteiger partial charge on any atom is 0.255 e. The van der Waals surface area contributed by atoms with Gasteiger partial charge in [0.2, 0.25) is 0 Å². The van der Waals surface area contributed by atoms with Crippen LogP contribution in [0.5, 0.6) is 5.75 Å². The maximum absolute atomic E-state index is 12.5. The van der Waals surface area contributed by atoms with E-state index in [0.29, 0.717) is 33.7 Å². The number of anilines is 1. The number of ether oxygens (including phenoxy) is 2. The van der Waals surface area contributed by atoms with Gasteiger partial charge in [0.1, 0.15) is 5.75 Å². The normalized spacial score (nSPS) is 10.8. The van der Waals surface area contributed by atoms with Crippen molar-refractivity contribution in [3.63, 3.8) is 0 Å². The number of methoxy groups -OCH3 is 1. The minimum atomic E-state index is -0.285. The minimum absolute atomic E-state index is 0.0810. The van der Waals surface area contributed by atoms with E-state index in [1.807, 2.05) is 13.8 Å². The highest BCUT2D eigenvalue weighted by molar-refractivity contribution is 6.35. The molecule has 0 unspecified atom stereocenters. The third kappa shape index (κ3) is 4.87. The molecule has 128 valence electrons. The van der Waals surface area contributed by atoms with Crippen molar-refractivity contribution < 1.29 is 14.3 Å². The number of hydrogen-bond acceptors (Lipinski definition) is 3. The van der Waals surface area contributed by atoms with E-state index >= 15 is 0 Å². The van der Waals surface area contributed by atoms with Gasteiger partial charge in [-0.25, -0.2) is 0 Å². The summed E-state index contributed by atoms with van der Waals surface area (Å²) in [4.78, 5) is 12.5. The number of amides is 1. The van der Waals surface area contributed by atoms with Gasteiger partial charge in [0, 0.05) is 16.1 Å². The lowest BCUT2D eigenvalue weighted by molar-refractivity contribution is 0.0644. The second-order valence-corrected chi connectivity index (χ2v) is 6.31. The molecule has 24 heavy (non-hydrogen) atoms. The maximum atomic E-state index is 12.5. The molecule has 0 atom stereocenters. The first-order valence-electron chi connectivity index (χ1n) is 7.45. The standard InChI is InChI=1S/C18H19Cl2NO3/c1-11(2)24-10-13-8-12(4-7-17(13)23-3)18(22)21-16-9-14(19)5-6-15(16)20/h4-9,11H,10H2,1-3H3,(H,21,22). The van der Waals surface area contributed by atoms with Crippen LogP contribution in [-0.4, -0.2) is 19.1 Å². The molecule has 0 aliphatic rings. The van der Waals surface area contributed by atoms with Crippen LogP contribution in [0.15, 0.2) is 36.4 Å². The molecule has 0 aliphatic carbocycles. The Morgan fingerprint density at radius 1 is 1.17 bits per heavy atom. The van der Waals surface area contributed by atoms with Crippen molar-refractivity contribution in [1.82, 2.24) is 0 Å². The molecule has 0 aliphatic heterocycles. The van der Waals surface area contributed by atoms with Gasteiger partial charge in [-0.3, -0.25) is 4.79 Å². The third-order valence-corrected chi connectivity index (χ3v) is 3.86. The van der Waals surface area contributed by atoms with Gasteiger partial charge in [0.15, 0.2) is 0 Å². The zero-order chi connectivity index (χ0) is 17.7. The van der Waals surface area contributed by atoms with Crippen molar-refractivity contribution in [3.8, 4) is 5.75 Å². The molecule has 1 N–H and O–H groups in total. The number of benzene rings is 2. The fourth-order valence-corrected chi connectivity index (χ4v) is 2.41. The first kappa shape index (κ1) is 18.6. The highest BCUT2D eigenvalue weighted by Crippen LogP contribution is 2.27. The van der Waals surface area contributed by atoms with Crippen LogP contribution in [0.25, 0.3) is 0 Å². The zero-order valence-corrected chi connectivity index (χ0v) is 15.2. The van der Waals surface area contributed by atoms with E-state index in [4.69, 9.17) is 32.7 Å². The van der Waals surface area contributed by atoms with Gasteiger partial charge in [-0.15, -0.1) is 0 Å². The lowest BCUT2D eigenvalue weighted by Gasteiger charge is -2.13. The molecule has 6 heteroatoms. The monoisotopic (exact) mass is 367 g/mol. The quantitative estimate of drug-likeness (QED) is 0.764. The third-order valence-electron chi connectivity index (χ3n) is 3.29. The fraction of sp³-hybridized carbons (Fsp3) is 0.278. The summed E-state index contributed by atoms with van der Waals surface area (Å²) in [5.41, 5.74) is 1.75. The van der Waals surface area contributed by atoms with Crippen molar-refractivity contribution in [2.24, 2.45) is 0 Å². The molecule has 2 aromatic carbocycles. The summed E-state index contributed by atoms with van der Waals surface area (Å²) in [6.07, 6.45) is 0.0810. The van der Waals surface area contributed by atoms with Gasteiger partial charge < -0.3 is 14.8 Å². The first-order valence-corrected chi connectivity index (χ1v) is 8.21. The molecule has 0 saturated heterocycles. The molecule has 0 heterocycles. The Balaban J connectivity index is 2.22. The molecule has 0 saturated carbocycles. The predicted molar refractivity (Wildman–Crippen MR) is 97.3 cm³/mol. The lowest BCUT2D eigenvalue weighted by Crippen LogP contribution is -2.13. The van der Waals surface area contributed by atoms with Gasteiger partial charge in [0.05, 0.1) is 30.5 Å². The molecular formula is C18H19Cl2NO3. The summed E-state index contributed by atoms with van der Waals surface area (Å²) >= 11 is 12.0. The van der Waals surface area contributed by atoms with E-state index < -0.39 is 0 Å². The van der Waals surface area contributed by atoms with Crippen LogP contribution >= 0.6 is 23.2 Å². The summed E-state index contributed by atoms with van der Waals surface area (Å²) < 4.78 is 10.9. The molecule has 0 aromatic heterocycles. The molecule has 1 amide bonds. The number of carbonyl (C=O) groups excluding carboxylic acids is 1. The van der Waals surface area contributed by atoms with Crippen molar-refractivity contribution >= 4 is 34.8 Å². The molecule has 2 aromatic rings. The second-order valence-electron chi connectivity index (χ2n) is 5.46. The molecule has 2 rings (SSSR count). The predicted octanol–water partition coefficient (Wildman–Crippen LogP) is 5.18. The zero-order valence-electron chi connectivity index (χ0n) is 13.7. The Morgan fingerprint density at radius 3 is 2.58 bits per heavy atom. The number of carbonyl (C=O) groups is 1. The van der Waals surface area contributed by atoms with Gasteiger partial charge in [-0.2, -0.15) is 0 Å². The van der Waals surface area contributed by atoms with E-state index in [2.05, 4.69) is 5.32 Å². The van der Waals surface area contributed by atoms with Gasteiger partial charge >= 0.3 is 0 Å². The van der Waals surface area contributed by atoms with Crippen LogP contribution in [0, 0.1) is 0 Å². The summed E-state index contributed by atoms with van der Waals surface area (Å²) in [6.45, 7) is 4.26. The summed E-state index contributed by atoms with van der Waals surface area (Å²) in [5.74, 6) is 0.389. The summed E-state index contributed by atoms with van der Waals surface area (Å²) in [5, 5.41) is 3.68. The van der Waals surface area contributed by atoms with E-state index in [-0.39, 0.29) is 12.0 Å². The molecule has 4 nitrogen and oxygen atoms in total. The Kier molecular flexibility index (Phi) is 6.49. The molecule has 0 fully saturated rings. The van der Waals surface area contributed by atoms with Crippen LogP contribution in [0.3, 0.4) is 0 Å². The average molecular weight is 368 g/mol. The van der Waals surface area contributed by atoms with Crippen LogP contribution < -0.4 is 10.1 Å². The topological polar surface area (TPSA) is 47.6 Å². The van der Waals surface area contributed by atoms with Crippen molar-refractivity contribution in [1.29, 1.82) is 0 Å². The number of halogens is 2. The highest BCUT2D eigenvalue weighted by atomic mass is 35.5. The van der Waals surface area contributed by atoms with Gasteiger partial charge in [-0.05, 0) is 50.2 Å². The average Bonchev–Trinajstić information content (AvgIpc) is 2.55. The largest absolute Gasteiger partial charge is 0.496 e. The van der Waals surface area contributed by atoms with E-state index in [9.17, 15) is 4.79 Å². The molecule has 0 radical (unpaired) electrons. The van der Waals surface area contributed by atoms with Crippen LogP contribution in [0.2, 0.25) is 10.0 Å². The van der Waals surface area contributed by atoms with Crippen molar-refractivity contribution in [2.45, 2.75) is 26.6 Å². The number of nitrogens with one attached hydrogen (secondary N) is 1. The first-order chi connectivity index (χ1) is 11.4. The van der Waals surface area contributed by atoms with Gasteiger partial charge in [0.25, 0.3) is 5.91 Å². The van der Waals surface area contributed by atoms with Crippen LogP contribution in [0.4, 0.5) is 5.69 Å². The van der Waals surface area contributed by atoms with Crippen LogP contribution in [0.1, 0.15) is 29.8 Å². The highest BCUT2D eigenvalue weighted by Gasteiger charge is 2.13. The fourth-order valence-electron chi connectivity index (χ4n) is 2.08. The Hall–Kier alpha value is -1.75. The lowest BCUT2D eigenvalue weighted by atomic mass is 10.1. The van der Waals surface area contributed by atoms with E-state index in [0.717, 1.165) is 5.56 Å². The Morgan fingerprint density at radius 2 is 1.92 bits per heavy atom. The summed E-state index contributed by atoms with van der Waals surface area (Å²) in [7, 11) is 1.58. The molecule has 0 spiro atoms. The Bertz CT molecular complexity index is 732. The van der Waals surface area contributed by atoms with Gasteiger partial charge in [-0.1, -0.05) is 23.2 Å². The Labute approximate surface area is 151 Å². The molecule has 0 bridgehead atoms. The minimum Gasteiger partial charge on any atom is -0.496 e.